The Bertz CT molecular complexity index is 368. The van der Waals surface area contributed by atoms with Crippen LogP contribution in [0, 0.1) is 5.92 Å². The highest BCUT2D eigenvalue weighted by molar-refractivity contribution is 5.48. The van der Waals surface area contributed by atoms with Crippen LogP contribution in [-0.2, 0) is 13.1 Å². The number of ether oxygens (including phenoxy) is 2. The third-order valence-corrected chi connectivity index (χ3v) is 3.12. The molecule has 2 rings (SSSR count). The summed E-state index contributed by atoms with van der Waals surface area (Å²) in [7, 11) is 3.37. The van der Waals surface area contributed by atoms with E-state index < -0.39 is 0 Å². The second-order valence-corrected chi connectivity index (χ2v) is 5.04. The molecular weight excluding hydrogens is 214 g/mol. The lowest BCUT2D eigenvalue weighted by atomic mass is 10.1. The molecule has 0 bridgehead atoms. The molecule has 3 heteroatoms. The Hall–Kier alpha value is -1.22. The molecular formula is C14H21NO2. The minimum Gasteiger partial charge on any atom is -0.493 e. The normalized spacial score (nSPS) is 15.1. The molecule has 0 radical (unpaired) electrons. The van der Waals surface area contributed by atoms with Crippen LogP contribution in [-0.4, -0.2) is 25.7 Å². The van der Waals surface area contributed by atoms with Crippen LogP contribution >= 0.6 is 0 Å². The Morgan fingerprint density at radius 2 is 1.53 bits per heavy atom. The molecule has 0 fully saturated rings. The molecule has 1 aliphatic heterocycles. The van der Waals surface area contributed by atoms with Crippen LogP contribution in [0.15, 0.2) is 12.1 Å². The van der Waals surface area contributed by atoms with E-state index in [1.165, 1.54) is 11.1 Å². The minimum absolute atomic E-state index is 0.702. The van der Waals surface area contributed by atoms with Crippen LogP contribution in [0.4, 0.5) is 0 Å². The highest BCUT2D eigenvalue weighted by atomic mass is 16.5. The first kappa shape index (κ1) is 12.2. The summed E-state index contributed by atoms with van der Waals surface area (Å²) in [4.78, 5) is 2.47. The van der Waals surface area contributed by atoms with E-state index in [-0.39, 0.29) is 0 Å². The molecule has 0 aliphatic carbocycles. The highest BCUT2D eigenvalue weighted by Crippen LogP contribution is 2.34. The number of fused-ring (bicyclic) bond motifs is 1. The van der Waals surface area contributed by atoms with Gasteiger partial charge in [-0.1, -0.05) is 13.8 Å². The topological polar surface area (TPSA) is 21.7 Å². The molecule has 0 saturated heterocycles. The first-order valence-electron chi connectivity index (χ1n) is 6.10. The summed E-state index contributed by atoms with van der Waals surface area (Å²) in [6.07, 6.45) is 0. The van der Waals surface area contributed by atoms with E-state index in [4.69, 9.17) is 9.47 Å². The molecule has 1 heterocycles. The summed E-state index contributed by atoms with van der Waals surface area (Å²) in [6.45, 7) is 7.69. The van der Waals surface area contributed by atoms with Gasteiger partial charge >= 0.3 is 0 Å². The van der Waals surface area contributed by atoms with Gasteiger partial charge in [0.25, 0.3) is 0 Å². The van der Waals surface area contributed by atoms with Gasteiger partial charge in [0.1, 0.15) is 0 Å². The van der Waals surface area contributed by atoms with Gasteiger partial charge < -0.3 is 9.47 Å². The second-order valence-electron chi connectivity index (χ2n) is 5.04. The number of hydrogen-bond donors (Lipinski definition) is 0. The van der Waals surface area contributed by atoms with Gasteiger partial charge in [-0.2, -0.15) is 0 Å². The van der Waals surface area contributed by atoms with Crippen molar-refractivity contribution in [1.29, 1.82) is 0 Å². The van der Waals surface area contributed by atoms with Crippen LogP contribution < -0.4 is 9.47 Å². The average Bonchev–Trinajstić information content (AvgIpc) is 2.66. The van der Waals surface area contributed by atoms with Crippen molar-refractivity contribution in [3.8, 4) is 11.5 Å². The van der Waals surface area contributed by atoms with Crippen molar-refractivity contribution >= 4 is 0 Å². The van der Waals surface area contributed by atoms with Crippen molar-refractivity contribution in [2.24, 2.45) is 5.92 Å². The molecule has 0 atom stereocenters. The number of hydrogen-bond acceptors (Lipinski definition) is 3. The van der Waals surface area contributed by atoms with Gasteiger partial charge in [0.2, 0.25) is 0 Å². The highest BCUT2D eigenvalue weighted by Gasteiger charge is 2.22. The Balaban J connectivity index is 2.20. The molecule has 0 amide bonds. The van der Waals surface area contributed by atoms with Gasteiger partial charge in [-0.25, -0.2) is 0 Å². The lowest BCUT2D eigenvalue weighted by Gasteiger charge is -2.16. The van der Waals surface area contributed by atoms with Crippen LogP contribution in [0.2, 0.25) is 0 Å². The molecule has 1 aromatic rings. The zero-order valence-electron chi connectivity index (χ0n) is 11.1. The number of methoxy groups -OCH3 is 2. The van der Waals surface area contributed by atoms with Gasteiger partial charge in [-0.3, -0.25) is 4.90 Å². The summed E-state index contributed by atoms with van der Waals surface area (Å²) in [5.41, 5.74) is 2.73. The van der Waals surface area contributed by atoms with E-state index in [2.05, 4.69) is 30.9 Å². The molecule has 1 aliphatic rings. The molecule has 3 nitrogen and oxygen atoms in total. The molecule has 0 N–H and O–H groups in total. The summed E-state index contributed by atoms with van der Waals surface area (Å²) < 4.78 is 10.7. The van der Waals surface area contributed by atoms with Crippen molar-refractivity contribution in [1.82, 2.24) is 4.90 Å². The summed E-state index contributed by atoms with van der Waals surface area (Å²) in [5, 5.41) is 0. The van der Waals surface area contributed by atoms with Crippen LogP contribution in [0.1, 0.15) is 25.0 Å². The van der Waals surface area contributed by atoms with Crippen LogP contribution in [0.5, 0.6) is 11.5 Å². The average molecular weight is 235 g/mol. The molecule has 94 valence electrons. The monoisotopic (exact) mass is 235 g/mol. The summed E-state index contributed by atoms with van der Waals surface area (Å²) in [6, 6.07) is 4.21. The van der Waals surface area contributed by atoms with E-state index in [0.717, 1.165) is 31.1 Å². The predicted molar refractivity (Wildman–Crippen MR) is 68.5 cm³/mol. The number of benzene rings is 1. The second kappa shape index (κ2) is 4.96. The van der Waals surface area contributed by atoms with Crippen molar-refractivity contribution < 1.29 is 9.47 Å². The quantitative estimate of drug-likeness (QED) is 0.801. The largest absolute Gasteiger partial charge is 0.493 e. The Labute approximate surface area is 103 Å². The van der Waals surface area contributed by atoms with Gasteiger partial charge in [0, 0.05) is 19.6 Å². The maximum Gasteiger partial charge on any atom is 0.161 e. The smallest absolute Gasteiger partial charge is 0.161 e. The van der Waals surface area contributed by atoms with Crippen molar-refractivity contribution in [3.63, 3.8) is 0 Å². The van der Waals surface area contributed by atoms with Crippen molar-refractivity contribution in [2.45, 2.75) is 26.9 Å². The summed E-state index contributed by atoms with van der Waals surface area (Å²) >= 11 is 0. The minimum atomic E-state index is 0.702. The standard InChI is InChI=1S/C14H21NO2/c1-10(2)7-15-8-11-5-13(16-3)14(17-4)6-12(11)9-15/h5-6,10H,7-9H2,1-4H3. The van der Waals surface area contributed by atoms with Gasteiger partial charge in [0.15, 0.2) is 11.5 Å². The van der Waals surface area contributed by atoms with E-state index >= 15 is 0 Å². The molecule has 0 aromatic heterocycles. The number of nitrogens with zero attached hydrogens (tertiary/aromatic N) is 1. The van der Waals surface area contributed by atoms with Gasteiger partial charge in [-0.15, -0.1) is 0 Å². The Morgan fingerprint density at radius 3 is 1.88 bits per heavy atom. The Kier molecular flexibility index (Phi) is 3.57. The van der Waals surface area contributed by atoms with Crippen LogP contribution in [0.3, 0.4) is 0 Å². The van der Waals surface area contributed by atoms with Crippen molar-refractivity contribution in [2.75, 3.05) is 20.8 Å². The summed E-state index contributed by atoms with van der Waals surface area (Å²) in [5.74, 6) is 2.36. The van der Waals surface area contributed by atoms with Crippen LogP contribution in [0.25, 0.3) is 0 Å². The van der Waals surface area contributed by atoms with E-state index in [1.807, 2.05) is 0 Å². The molecule has 0 saturated carbocycles. The third-order valence-electron chi connectivity index (χ3n) is 3.12. The first-order valence-corrected chi connectivity index (χ1v) is 6.10. The van der Waals surface area contributed by atoms with E-state index in [9.17, 15) is 0 Å². The lowest BCUT2D eigenvalue weighted by molar-refractivity contribution is 0.251. The van der Waals surface area contributed by atoms with Gasteiger partial charge in [-0.05, 0) is 29.2 Å². The lowest BCUT2D eigenvalue weighted by Crippen LogP contribution is -2.21. The van der Waals surface area contributed by atoms with E-state index in [1.54, 1.807) is 14.2 Å². The van der Waals surface area contributed by atoms with Gasteiger partial charge in [0.05, 0.1) is 14.2 Å². The number of rotatable bonds is 4. The van der Waals surface area contributed by atoms with Crippen molar-refractivity contribution in [3.05, 3.63) is 23.3 Å². The fraction of sp³-hybridized carbons (Fsp3) is 0.571. The SMILES string of the molecule is COc1cc2c(cc1OC)CN(CC(C)C)C2. The fourth-order valence-corrected chi connectivity index (χ4v) is 2.44. The maximum atomic E-state index is 5.33. The zero-order chi connectivity index (χ0) is 12.4. The molecule has 1 aromatic carbocycles. The molecule has 0 spiro atoms. The first-order chi connectivity index (χ1) is 8.13. The van der Waals surface area contributed by atoms with E-state index in [0.29, 0.717) is 5.92 Å². The predicted octanol–water partition coefficient (Wildman–Crippen LogP) is 2.68. The fourth-order valence-electron chi connectivity index (χ4n) is 2.44. The zero-order valence-corrected chi connectivity index (χ0v) is 11.1. The third kappa shape index (κ3) is 2.55. The molecule has 17 heavy (non-hydrogen) atoms. The molecule has 0 unspecified atom stereocenters. The Morgan fingerprint density at radius 1 is 1.06 bits per heavy atom. The maximum absolute atomic E-state index is 5.33.